The molecule has 39 heavy (non-hydrogen) atoms. The van der Waals surface area contributed by atoms with E-state index in [4.69, 9.17) is 21.4 Å². The monoisotopic (exact) mass is 595 g/mol. The number of benzene rings is 3. The van der Waals surface area contributed by atoms with Crippen LogP contribution in [0.5, 0.6) is 11.5 Å². The summed E-state index contributed by atoms with van der Waals surface area (Å²) < 4.78 is 13.6. The molecule has 0 unspecified atom stereocenters. The largest absolute Gasteiger partial charge is 0.459 e. The van der Waals surface area contributed by atoms with Gasteiger partial charge < -0.3 is 19.4 Å². The number of furan rings is 1. The fourth-order valence-corrected chi connectivity index (χ4v) is 5.91. The van der Waals surface area contributed by atoms with Gasteiger partial charge in [0.15, 0.2) is 5.11 Å². The number of aryl methyl sites for hydroxylation is 2. The van der Waals surface area contributed by atoms with Gasteiger partial charge in [-0.3, -0.25) is 4.98 Å². The molecular weight excluding hydrogens is 570 g/mol. The van der Waals surface area contributed by atoms with Crippen molar-refractivity contribution < 1.29 is 9.15 Å². The normalized spacial score (nSPS) is 16.8. The molecule has 3 heterocycles. The predicted molar refractivity (Wildman–Crippen MR) is 162 cm³/mol. The number of halogens is 1. The third-order valence-corrected chi connectivity index (χ3v) is 7.81. The molecule has 0 amide bonds. The van der Waals surface area contributed by atoms with Crippen molar-refractivity contribution in [2.75, 3.05) is 4.90 Å². The van der Waals surface area contributed by atoms with Crippen LogP contribution in [0.15, 0.2) is 112 Å². The number of aromatic nitrogens is 1. The summed E-state index contributed by atoms with van der Waals surface area (Å²) in [5.41, 5.74) is 5.08. The van der Waals surface area contributed by atoms with Crippen molar-refractivity contribution >= 4 is 38.9 Å². The van der Waals surface area contributed by atoms with Gasteiger partial charge in [-0.05, 0) is 104 Å². The maximum Gasteiger partial charge on any atom is 0.174 e. The highest BCUT2D eigenvalue weighted by molar-refractivity contribution is 9.10. The highest BCUT2D eigenvalue weighted by Crippen LogP contribution is 2.44. The fourth-order valence-electron chi connectivity index (χ4n) is 4.87. The number of thiocarbonyl (C=S) groups is 1. The van der Waals surface area contributed by atoms with Gasteiger partial charge in [0.25, 0.3) is 0 Å². The van der Waals surface area contributed by atoms with Crippen LogP contribution in [-0.4, -0.2) is 10.1 Å². The van der Waals surface area contributed by atoms with Crippen molar-refractivity contribution in [2.24, 2.45) is 0 Å². The first-order valence-corrected chi connectivity index (χ1v) is 13.9. The van der Waals surface area contributed by atoms with E-state index in [1.807, 2.05) is 85.8 Å². The highest BCUT2D eigenvalue weighted by Gasteiger charge is 2.42. The summed E-state index contributed by atoms with van der Waals surface area (Å²) in [6.07, 6.45) is 1.80. The lowest BCUT2D eigenvalue weighted by Crippen LogP contribution is -2.29. The average Bonchev–Trinajstić information content (AvgIpc) is 3.55. The summed E-state index contributed by atoms with van der Waals surface area (Å²) in [6, 6.07) is 31.7. The SMILES string of the molecule is Cc1ccc(-c2ccc([C@@H]3[C@@H](c4ccccn4)NC(=S)N3c3ccc(Oc4ccccc4C)cc3)o2)c(Br)c1. The maximum absolute atomic E-state index is 6.52. The zero-order valence-corrected chi connectivity index (χ0v) is 23.9. The van der Waals surface area contributed by atoms with E-state index >= 15 is 0 Å². The average molecular weight is 597 g/mol. The summed E-state index contributed by atoms with van der Waals surface area (Å²) in [4.78, 5) is 6.74. The Balaban J connectivity index is 1.36. The molecule has 194 valence electrons. The number of rotatable bonds is 6. The molecule has 1 fully saturated rings. The van der Waals surface area contributed by atoms with E-state index in [2.05, 4.69) is 56.3 Å². The Morgan fingerprint density at radius 1 is 0.923 bits per heavy atom. The lowest BCUT2D eigenvalue weighted by atomic mass is 10.0. The van der Waals surface area contributed by atoms with Crippen LogP contribution in [0.25, 0.3) is 11.3 Å². The molecule has 5 aromatic rings. The van der Waals surface area contributed by atoms with Crippen molar-refractivity contribution in [3.8, 4) is 22.8 Å². The maximum atomic E-state index is 6.52. The second-order valence-electron chi connectivity index (χ2n) is 9.54. The lowest BCUT2D eigenvalue weighted by molar-refractivity contribution is 0.439. The van der Waals surface area contributed by atoms with Gasteiger partial charge in [-0.2, -0.15) is 0 Å². The van der Waals surface area contributed by atoms with Crippen molar-refractivity contribution in [1.29, 1.82) is 0 Å². The number of anilines is 1. The Morgan fingerprint density at radius 2 is 1.72 bits per heavy atom. The second kappa shape index (κ2) is 10.7. The van der Waals surface area contributed by atoms with Gasteiger partial charge >= 0.3 is 0 Å². The number of nitrogens with one attached hydrogen (secondary N) is 1. The summed E-state index contributed by atoms with van der Waals surface area (Å²) in [6.45, 7) is 4.10. The minimum Gasteiger partial charge on any atom is -0.459 e. The van der Waals surface area contributed by atoms with Crippen LogP contribution in [0, 0.1) is 13.8 Å². The molecule has 0 aliphatic carbocycles. The molecule has 2 aromatic heterocycles. The van der Waals surface area contributed by atoms with E-state index in [1.54, 1.807) is 6.20 Å². The first kappa shape index (κ1) is 25.3. The topological polar surface area (TPSA) is 50.5 Å². The second-order valence-corrected chi connectivity index (χ2v) is 10.8. The van der Waals surface area contributed by atoms with E-state index in [9.17, 15) is 0 Å². The lowest BCUT2D eigenvalue weighted by Gasteiger charge is -2.26. The summed E-state index contributed by atoms with van der Waals surface area (Å²) in [7, 11) is 0. The van der Waals surface area contributed by atoms with Crippen molar-refractivity contribution in [2.45, 2.75) is 25.9 Å². The van der Waals surface area contributed by atoms with E-state index in [1.165, 1.54) is 5.56 Å². The van der Waals surface area contributed by atoms with Crippen LogP contribution < -0.4 is 15.0 Å². The van der Waals surface area contributed by atoms with Gasteiger partial charge in [0, 0.05) is 21.9 Å². The molecule has 1 aliphatic rings. The highest BCUT2D eigenvalue weighted by atomic mass is 79.9. The molecule has 2 atom stereocenters. The first-order chi connectivity index (χ1) is 19.0. The molecular formula is C32H26BrN3O2S. The first-order valence-electron chi connectivity index (χ1n) is 12.7. The van der Waals surface area contributed by atoms with Gasteiger partial charge in [-0.1, -0.05) is 46.3 Å². The van der Waals surface area contributed by atoms with Crippen LogP contribution in [0.3, 0.4) is 0 Å². The summed E-state index contributed by atoms with van der Waals surface area (Å²) in [5.74, 6) is 3.17. The van der Waals surface area contributed by atoms with Gasteiger partial charge in [0.05, 0.1) is 11.7 Å². The number of ether oxygens (including phenoxy) is 1. The van der Waals surface area contributed by atoms with Crippen LogP contribution in [0.4, 0.5) is 5.69 Å². The Bertz CT molecular complexity index is 1640. The summed E-state index contributed by atoms with van der Waals surface area (Å²) >= 11 is 9.57. The Kier molecular flexibility index (Phi) is 6.94. The molecule has 6 rings (SSSR count). The summed E-state index contributed by atoms with van der Waals surface area (Å²) in [5, 5.41) is 4.10. The predicted octanol–water partition coefficient (Wildman–Crippen LogP) is 8.69. The third kappa shape index (κ3) is 5.07. The van der Waals surface area contributed by atoms with E-state index in [-0.39, 0.29) is 12.1 Å². The molecule has 7 heteroatoms. The van der Waals surface area contributed by atoms with E-state index in [0.717, 1.165) is 50.0 Å². The smallest absolute Gasteiger partial charge is 0.174 e. The van der Waals surface area contributed by atoms with Crippen LogP contribution in [0.2, 0.25) is 0 Å². The number of nitrogens with zero attached hydrogens (tertiary/aromatic N) is 2. The zero-order valence-electron chi connectivity index (χ0n) is 21.5. The quantitative estimate of drug-likeness (QED) is 0.198. The van der Waals surface area contributed by atoms with Crippen molar-refractivity contribution in [3.05, 3.63) is 130 Å². The Morgan fingerprint density at radius 3 is 2.46 bits per heavy atom. The van der Waals surface area contributed by atoms with Gasteiger partial charge in [-0.25, -0.2) is 0 Å². The van der Waals surface area contributed by atoms with Gasteiger partial charge in [0.2, 0.25) is 0 Å². The van der Waals surface area contributed by atoms with E-state index < -0.39 is 0 Å². The molecule has 5 nitrogen and oxygen atoms in total. The fraction of sp³-hybridized carbons (Fsp3) is 0.125. The zero-order chi connectivity index (χ0) is 26.9. The molecule has 1 N–H and O–H groups in total. The number of hydrogen-bond donors (Lipinski definition) is 1. The molecule has 0 radical (unpaired) electrons. The number of hydrogen-bond acceptors (Lipinski definition) is 4. The number of pyridine rings is 1. The minimum absolute atomic E-state index is 0.193. The molecule has 3 aromatic carbocycles. The van der Waals surface area contributed by atoms with Crippen LogP contribution in [0.1, 0.15) is 34.7 Å². The molecule has 1 saturated heterocycles. The number of para-hydroxylation sites is 1. The molecule has 0 spiro atoms. The van der Waals surface area contributed by atoms with Crippen LogP contribution in [-0.2, 0) is 0 Å². The molecule has 0 bridgehead atoms. The van der Waals surface area contributed by atoms with E-state index in [0.29, 0.717) is 5.11 Å². The third-order valence-electron chi connectivity index (χ3n) is 6.84. The standard InChI is InChI=1S/C32H26BrN3O2S/c1-20-10-15-24(25(33)19-20)28-16-17-29(38-28)31-30(26-8-5-6-18-34-26)35-32(39)36(31)22-11-13-23(14-12-22)37-27-9-4-3-7-21(27)2/h3-19,30-31H,1-2H3,(H,35,39)/t30-,31-/m1/s1. The van der Waals surface area contributed by atoms with Gasteiger partial charge in [0.1, 0.15) is 29.1 Å². The Labute approximate surface area is 241 Å². The minimum atomic E-state index is -0.242. The van der Waals surface area contributed by atoms with Crippen LogP contribution >= 0.6 is 28.1 Å². The molecule has 0 saturated carbocycles. The van der Waals surface area contributed by atoms with Crippen molar-refractivity contribution in [1.82, 2.24) is 10.3 Å². The molecule has 1 aliphatic heterocycles. The van der Waals surface area contributed by atoms with Crippen molar-refractivity contribution in [3.63, 3.8) is 0 Å². The van der Waals surface area contributed by atoms with Gasteiger partial charge in [-0.15, -0.1) is 0 Å². The Hall–Kier alpha value is -3.94.